The minimum absolute atomic E-state index is 0.0450. The standard InChI is InChI=1S/C23H29N5O4/c1-15-3-5-17(6-4-15)26-23(30)18-13-21(28(31)32)19(25-10-7-22(24)29)14-20(18)27-11-8-16(2)9-12-27/h3-6,13-14,16,25H,7-12H2,1-2H3,(H2,24,29)(H,26,30). The van der Waals surface area contributed by atoms with Gasteiger partial charge in [0.15, 0.2) is 0 Å². The number of nitrogens with zero attached hydrogens (tertiary/aromatic N) is 2. The first-order valence-electron chi connectivity index (χ1n) is 10.7. The topological polar surface area (TPSA) is 131 Å². The van der Waals surface area contributed by atoms with E-state index in [1.807, 2.05) is 19.1 Å². The molecule has 0 aromatic heterocycles. The van der Waals surface area contributed by atoms with Crippen LogP contribution in [0.15, 0.2) is 36.4 Å². The summed E-state index contributed by atoms with van der Waals surface area (Å²) in [5.74, 6) is -0.323. The highest BCUT2D eigenvalue weighted by Gasteiger charge is 2.26. The van der Waals surface area contributed by atoms with Gasteiger partial charge >= 0.3 is 0 Å². The van der Waals surface area contributed by atoms with Crippen molar-refractivity contribution in [2.45, 2.75) is 33.1 Å². The van der Waals surface area contributed by atoms with Gasteiger partial charge in [0.05, 0.1) is 16.2 Å². The number of amides is 2. The van der Waals surface area contributed by atoms with Gasteiger partial charge in [-0.1, -0.05) is 24.6 Å². The first-order valence-corrected chi connectivity index (χ1v) is 10.7. The molecule has 0 aliphatic carbocycles. The first-order chi connectivity index (χ1) is 15.2. The average Bonchev–Trinajstić information content (AvgIpc) is 2.75. The summed E-state index contributed by atoms with van der Waals surface area (Å²) in [6.07, 6.45) is 1.99. The van der Waals surface area contributed by atoms with Crippen molar-refractivity contribution in [2.75, 3.05) is 35.2 Å². The summed E-state index contributed by atoms with van der Waals surface area (Å²) in [6, 6.07) is 10.3. The van der Waals surface area contributed by atoms with Gasteiger partial charge in [0.25, 0.3) is 11.6 Å². The highest BCUT2D eigenvalue weighted by atomic mass is 16.6. The molecule has 0 saturated carbocycles. The summed E-state index contributed by atoms with van der Waals surface area (Å²) in [5.41, 5.74) is 7.78. The Bertz CT molecular complexity index is 998. The lowest BCUT2D eigenvalue weighted by molar-refractivity contribution is -0.384. The summed E-state index contributed by atoms with van der Waals surface area (Å²) in [5, 5.41) is 17.5. The Morgan fingerprint density at radius 3 is 2.44 bits per heavy atom. The number of hydrogen-bond donors (Lipinski definition) is 3. The van der Waals surface area contributed by atoms with Crippen LogP contribution in [0.25, 0.3) is 0 Å². The fraction of sp³-hybridized carbons (Fsp3) is 0.391. The number of piperidine rings is 1. The molecule has 0 bridgehead atoms. The van der Waals surface area contributed by atoms with Crippen LogP contribution in [-0.2, 0) is 4.79 Å². The average molecular weight is 440 g/mol. The second-order valence-electron chi connectivity index (χ2n) is 8.28. The molecule has 32 heavy (non-hydrogen) atoms. The molecule has 1 aliphatic rings. The fourth-order valence-corrected chi connectivity index (χ4v) is 3.72. The van der Waals surface area contributed by atoms with Crippen molar-refractivity contribution in [2.24, 2.45) is 11.7 Å². The largest absolute Gasteiger partial charge is 0.379 e. The van der Waals surface area contributed by atoms with Gasteiger partial charge in [-0.05, 0) is 43.9 Å². The molecule has 1 fully saturated rings. The summed E-state index contributed by atoms with van der Waals surface area (Å²) in [7, 11) is 0. The summed E-state index contributed by atoms with van der Waals surface area (Å²) < 4.78 is 0. The molecule has 3 rings (SSSR count). The third-order valence-corrected chi connectivity index (χ3v) is 5.68. The number of nitrogens with two attached hydrogens (primary N) is 1. The maximum atomic E-state index is 13.2. The van der Waals surface area contributed by atoms with E-state index in [1.165, 1.54) is 6.07 Å². The number of benzene rings is 2. The summed E-state index contributed by atoms with van der Waals surface area (Å²) in [6.45, 7) is 5.82. The Kier molecular flexibility index (Phi) is 7.29. The highest BCUT2D eigenvalue weighted by Crippen LogP contribution is 2.36. The van der Waals surface area contributed by atoms with Crippen LogP contribution in [0.2, 0.25) is 0 Å². The molecule has 1 aliphatic heterocycles. The maximum absolute atomic E-state index is 13.2. The van der Waals surface area contributed by atoms with Crippen LogP contribution in [0.3, 0.4) is 0 Å². The number of carbonyl (C=O) groups is 2. The van der Waals surface area contributed by atoms with E-state index in [0.29, 0.717) is 17.3 Å². The van der Waals surface area contributed by atoms with E-state index in [-0.39, 0.29) is 29.9 Å². The van der Waals surface area contributed by atoms with Crippen LogP contribution in [-0.4, -0.2) is 36.4 Å². The van der Waals surface area contributed by atoms with Crippen molar-refractivity contribution >= 4 is 34.6 Å². The van der Waals surface area contributed by atoms with Crippen LogP contribution >= 0.6 is 0 Å². The molecule has 4 N–H and O–H groups in total. The fourth-order valence-electron chi connectivity index (χ4n) is 3.72. The van der Waals surface area contributed by atoms with E-state index in [9.17, 15) is 19.7 Å². The van der Waals surface area contributed by atoms with E-state index >= 15 is 0 Å². The molecule has 2 aromatic carbocycles. The highest BCUT2D eigenvalue weighted by molar-refractivity contribution is 6.09. The van der Waals surface area contributed by atoms with Crippen molar-refractivity contribution in [1.82, 2.24) is 0 Å². The zero-order valence-corrected chi connectivity index (χ0v) is 18.4. The Morgan fingerprint density at radius 1 is 1.19 bits per heavy atom. The van der Waals surface area contributed by atoms with Crippen LogP contribution in [0.1, 0.15) is 42.1 Å². The lowest BCUT2D eigenvalue weighted by Gasteiger charge is -2.33. The molecule has 0 unspecified atom stereocenters. The predicted octanol–water partition coefficient (Wildman–Crippen LogP) is 3.68. The molecular formula is C23H29N5O4. The number of rotatable bonds is 8. The van der Waals surface area contributed by atoms with Gasteiger partial charge in [-0.25, -0.2) is 0 Å². The van der Waals surface area contributed by atoms with E-state index in [1.54, 1.807) is 18.2 Å². The number of nitrogens with one attached hydrogen (secondary N) is 2. The van der Waals surface area contributed by atoms with Gasteiger partial charge in [-0.15, -0.1) is 0 Å². The number of nitro benzene ring substituents is 1. The molecule has 0 spiro atoms. The third-order valence-electron chi connectivity index (χ3n) is 5.68. The Morgan fingerprint density at radius 2 is 1.84 bits per heavy atom. The van der Waals surface area contributed by atoms with Crippen LogP contribution in [0, 0.1) is 23.0 Å². The molecule has 1 heterocycles. The van der Waals surface area contributed by atoms with Gasteiger partial charge < -0.3 is 21.3 Å². The Balaban J connectivity index is 1.98. The minimum atomic E-state index is -0.530. The Labute approximate surface area is 187 Å². The second kappa shape index (κ2) is 10.1. The third kappa shape index (κ3) is 5.75. The van der Waals surface area contributed by atoms with E-state index in [2.05, 4.69) is 22.5 Å². The SMILES string of the molecule is Cc1ccc(NC(=O)c2cc([N+](=O)[O-])c(NCCC(N)=O)cc2N2CCC(C)CC2)cc1. The lowest BCUT2D eigenvalue weighted by Crippen LogP contribution is -2.34. The molecule has 170 valence electrons. The van der Waals surface area contributed by atoms with Crippen LogP contribution < -0.4 is 21.3 Å². The molecule has 9 nitrogen and oxygen atoms in total. The Hall–Kier alpha value is -3.62. The van der Waals surface area contributed by atoms with Crippen molar-refractivity contribution in [3.8, 4) is 0 Å². The monoisotopic (exact) mass is 439 g/mol. The molecule has 2 amide bonds. The van der Waals surface area contributed by atoms with Crippen molar-refractivity contribution < 1.29 is 14.5 Å². The number of nitro groups is 1. The molecular weight excluding hydrogens is 410 g/mol. The quantitative estimate of drug-likeness (QED) is 0.425. The predicted molar refractivity (Wildman–Crippen MR) is 125 cm³/mol. The summed E-state index contributed by atoms with van der Waals surface area (Å²) >= 11 is 0. The smallest absolute Gasteiger partial charge is 0.293 e. The van der Waals surface area contributed by atoms with Gasteiger partial charge in [-0.2, -0.15) is 0 Å². The number of hydrogen-bond acceptors (Lipinski definition) is 6. The molecule has 0 atom stereocenters. The number of carbonyl (C=O) groups excluding carboxylic acids is 2. The normalized spacial score (nSPS) is 14.1. The molecule has 9 heteroatoms. The van der Waals surface area contributed by atoms with Crippen molar-refractivity contribution in [3.05, 3.63) is 57.6 Å². The van der Waals surface area contributed by atoms with Gasteiger partial charge in [0, 0.05) is 37.8 Å². The van der Waals surface area contributed by atoms with Crippen molar-refractivity contribution in [1.29, 1.82) is 0 Å². The second-order valence-corrected chi connectivity index (χ2v) is 8.28. The lowest BCUT2D eigenvalue weighted by atomic mass is 9.97. The maximum Gasteiger partial charge on any atom is 0.293 e. The zero-order valence-electron chi connectivity index (χ0n) is 18.4. The molecule has 2 aromatic rings. The van der Waals surface area contributed by atoms with Crippen LogP contribution in [0.4, 0.5) is 22.7 Å². The van der Waals surface area contributed by atoms with Gasteiger partial charge in [0.2, 0.25) is 5.91 Å². The number of aryl methyl sites for hydroxylation is 1. The minimum Gasteiger partial charge on any atom is -0.379 e. The molecule has 0 radical (unpaired) electrons. The van der Waals surface area contributed by atoms with Gasteiger partial charge in [-0.3, -0.25) is 19.7 Å². The van der Waals surface area contributed by atoms with E-state index in [0.717, 1.165) is 31.5 Å². The van der Waals surface area contributed by atoms with Gasteiger partial charge in [0.1, 0.15) is 5.69 Å². The summed E-state index contributed by atoms with van der Waals surface area (Å²) in [4.78, 5) is 37.6. The number of anilines is 3. The first kappa shape index (κ1) is 23.1. The van der Waals surface area contributed by atoms with Crippen molar-refractivity contribution in [3.63, 3.8) is 0 Å². The molecule has 1 saturated heterocycles. The van der Waals surface area contributed by atoms with E-state index in [4.69, 9.17) is 5.73 Å². The van der Waals surface area contributed by atoms with Crippen LogP contribution in [0.5, 0.6) is 0 Å². The number of primary amides is 1. The van der Waals surface area contributed by atoms with E-state index < -0.39 is 16.7 Å². The zero-order chi connectivity index (χ0) is 23.3.